The van der Waals surface area contributed by atoms with E-state index in [2.05, 4.69) is 10.6 Å². The molecule has 0 spiro atoms. The van der Waals surface area contributed by atoms with E-state index in [9.17, 15) is 28.6 Å². The van der Waals surface area contributed by atoms with Crippen molar-refractivity contribution >= 4 is 29.1 Å². The number of carbonyl (C=O) groups is 2. The first-order chi connectivity index (χ1) is 16.7. The zero-order valence-electron chi connectivity index (χ0n) is 18.4. The van der Waals surface area contributed by atoms with Crippen molar-refractivity contribution < 1.29 is 28.6 Å². The van der Waals surface area contributed by atoms with Crippen molar-refractivity contribution in [2.75, 3.05) is 11.4 Å². The molecule has 1 fully saturated rings. The first-order valence-electron chi connectivity index (χ1n) is 11.1. The van der Waals surface area contributed by atoms with Gasteiger partial charge in [0.1, 0.15) is 23.4 Å². The Morgan fingerprint density at radius 2 is 1.97 bits per heavy atom. The fourth-order valence-electron chi connectivity index (χ4n) is 4.60. The van der Waals surface area contributed by atoms with Gasteiger partial charge in [-0.2, -0.15) is 0 Å². The number of nitrogens with zero attached hydrogens (tertiary/aromatic N) is 1. The van der Waals surface area contributed by atoms with Gasteiger partial charge >= 0.3 is 0 Å². The Morgan fingerprint density at radius 3 is 2.74 bits per heavy atom. The lowest BCUT2D eigenvalue weighted by Crippen LogP contribution is -2.42. The molecule has 1 saturated carbocycles. The van der Waals surface area contributed by atoms with Crippen LogP contribution in [0.2, 0.25) is 5.02 Å². The van der Waals surface area contributed by atoms with Gasteiger partial charge in [0, 0.05) is 41.6 Å². The Morgan fingerprint density at radius 1 is 1.17 bits per heavy atom. The molecule has 2 heterocycles. The maximum Gasteiger partial charge on any atom is 0.278 e. The predicted octanol–water partition coefficient (Wildman–Crippen LogP) is 3.08. The summed E-state index contributed by atoms with van der Waals surface area (Å²) < 4.78 is 26.9. The van der Waals surface area contributed by atoms with Crippen LogP contribution in [0.25, 0.3) is 0 Å². The minimum Gasteiger partial charge on any atom is -0.507 e. The highest BCUT2D eigenvalue weighted by Gasteiger charge is 2.44. The number of hydrogen-bond acceptors (Lipinski definition) is 5. The smallest absolute Gasteiger partial charge is 0.278 e. The van der Waals surface area contributed by atoms with Crippen LogP contribution in [-0.2, 0) is 22.6 Å². The van der Waals surface area contributed by atoms with E-state index in [0.717, 1.165) is 30.7 Å². The number of halogens is 3. The number of carbonyl (C=O) groups excluding carboxylic acids is 2. The second-order valence-corrected chi connectivity index (χ2v) is 9.41. The standard InChI is InChI=1S/C25H22ClF2N3O4/c26-16-2-4-20-14(7-16)5-13-6-15(13)11-31(20)25(35)21-23(33)22(32)18(10-29-21)24(34)30-9-12-1-3-17(27)8-19(12)28/h1-4,7-8,10,13,15,22,29,32-33H,5-6,9,11H2,(H,30,34). The van der Waals surface area contributed by atoms with Gasteiger partial charge in [-0.15, -0.1) is 0 Å². The maximum absolute atomic E-state index is 13.8. The van der Waals surface area contributed by atoms with Crippen LogP contribution in [0.3, 0.4) is 0 Å². The molecule has 2 amide bonds. The molecule has 0 saturated heterocycles. The number of benzene rings is 2. The number of fused-ring (bicyclic) bond motifs is 2. The summed E-state index contributed by atoms with van der Waals surface area (Å²) in [6.45, 7) is 0.202. The quantitative estimate of drug-likeness (QED) is 0.516. The Bertz CT molecular complexity index is 1300. The number of rotatable bonds is 4. The molecule has 2 aliphatic heterocycles. The van der Waals surface area contributed by atoms with Crippen molar-refractivity contribution in [3.05, 3.63) is 87.4 Å². The number of hydrogen-bond donors (Lipinski definition) is 4. The molecule has 5 rings (SSSR count). The topological polar surface area (TPSA) is 102 Å². The van der Waals surface area contributed by atoms with Gasteiger partial charge in [-0.25, -0.2) is 8.78 Å². The van der Waals surface area contributed by atoms with Crippen LogP contribution in [0.1, 0.15) is 17.5 Å². The van der Waals surface area contributed by atoms with E-state index in [4.69, 9.17) is 11.6 Å². The molecule has 2 aromatic rings. The first kappa shape index (κ1) is 23.3. The zero-order valence-corrected chi connectivity index (χ0v) is 19.1. The summed E-state index contributed by atoms with van der Waals surface area (Å²) in [6.07, 6.45) is 1.17. The zero-order chi connectivity index (χ0) is 24.9. The Labute approximate surface area is 204 Å². The van der Waals surface area contributed by atoms with E-state index in [0.29, 0.717) is 35.2 Å². The number of aliphatic hydroxyl groups excluding tert-OH is 2. The van der Waals surface area contributed by atoms with Crippen LogP contribution in [0.4, 0.5) is 14.5 Å². The van der Waals surface area contributed by atoms with Crippen molar-refractivity contribution in [1.82, 2.24) is 10.6 Å². The van der Waals surface area contributed by atoms with Gasteiger partial charge in [0.2, 0.25) is 0 Å². The van der Waals surface area contributed by atoms with Crippen molar-refractivity contribution in [2.45, 2.75) is 25.5 Å². The lowest BCUT2D eigenvalue weighted by atomic mass is 10.0. The summed E-state index contributed by atoms with van der Waals surface area (Å²) in [5, 5.41) is 26.8. The minimum atomic E-state index is -1.77. The van der Waals surface area contributed by atoms with E-state index in [1.807, 2.05) is 6.07 Å². The summed E-state index contributed by atoms with van der Waals surface area (Å²) in [5.41, 5.74) is 1.19. The van der Waals surface area contributed by atoms with E-state index in [-0.39, 0.29) is 23.4 Å². The fourth-order valence-corrected chi connectivity index (χ4v) is 4.79. The highest BCUT2D eigenvalue weighted by atomic mass is 35.5. The predicted molar refractivity (Wildman–Crippen MR) is 124 cm³/mol. The molecule has 35 heavy (non-hydrogen) atoms. The van der Waals surface area contributed by atoms with Gasteiger partial charge in [-0.1, -0.05) is 17.7 Å². The molecule has 1 aliphatic carbocycles. The molecule has 3 atom stereocenters. The van der Waals surface area contributed by atoms with Crippen LogP contribution in [-0.4, -0.2) is 34.7 Å². The summed E-state index contributed by atoms with van der Waals surface area (Å²) in [6, 6.07) is 8.25. The molecule has 182 valence electrons. The second kappa shape index (κ2) is 8.98. The molecular formula is C25H22ClF2N3O4. The monoisotopic (exact) mass is 501 g/mol. The molecular weight excluding hydrogens is 480 g/mol. The number of dihydropyridines is 1. The lowest BCUT2D eigenvalue weighted by Gasteiger charge is -2.28. The van der Waals surface area contributed by atoms with E-state index < -0.39 is 35.3 Å². The highest BCUT2D eigenvalue weighted by Crippen LogP contribution is 2.47. The molecule has 0 radical (unpaired) electrons. The van der Waals surface area contributed by atoms with Crippen molar-refractivity contribution in [3.8, 4) is 0 Å². The largest absolute Gasteiger partial charge is 0.507 e. The minimum absolute atomic E-state index is 0.0487. The molecule has 3 unspecified atom stereocenters. The second-order valence-electron chi connectivity index (χ2n) is 8.97. The van der Waals surface area contributed by atoms with Crippen molar-refractivity contribution in [1.29, 1.82) is 0 Å². The summed E-state index contributed by atoms with van der Waals surface area (Å²) in [7, 11) is 0. The average Bonchev–Trinajstić information content (AvgIpc) is 3.57. The number of amides is 2. The molecule has 3 aliphatic rings. The molecule has 4 N–H and O–H groups in total. The van der Waals surface area contributed by atoms with Crippen molar-refractivity contribution in [3.63, 3.8) is 0 Å². The van der Waals surface area contributed by atoms with E-state index >= 15 is 0 Å². The Kier molecular flexibility index (Phi) is 5.98. The number of nitrogens with one attached hydrogen (secondary N) is 2. The third-order valence-electron chi connectivity index (χ3n) is 6.66. The SMILES string of the molecule is O=C(NCc1ccc(F)cc1F)C1=CNC(C(=O)N2CC3CC3Cc3cc(Cl)ccc32)=C(O)C1O. The average molecular weight is 502 g/mol. The number of anilines is 1. The van der Waals surface area contributed by atoms with Crippen LogP contribution in [0, 0.1) is 23.5 Å². The molecule has 10 heteroatoms. The lowest BCUT2D eigenvalue weighted by molar-refractivity contribution is -0.119. The normalized spacial score (nSPS) is 22.9. The third-order valence-corrected chi connectivity index (χ3v) is 6.89. The van der Waals surface area contributed by atoms with Gasteiger partial charge < -0.3 is 25.7 Å². The van der Waals surface area contributed by atoms with Gasteiger partial charge in [-0.3, -0.25) is 9.59 Å². The van der Waals surface area contributed by atoms with Gasteiger partial charge in [0.25, 0.3) is 11.8 Å². The van der Waals surface area contributed by atoms with E-state index in [1.165, 1.54) is 6.07 Å². The molecule has 2 aromatic carbocycles. The van der Waals surface area contributed by atoms with E-state index in [1.54, 1.807) is 17.0 Å². The Balaban J connectivity index is 1.32. The van der Waals surface area contributed by atoms with Crippen molar-refractivity contribution in [2.24, 2.45) is 11.8 Å². The van der Waals surface area contributed by atoms with Crippen LogP contribution in [0.5, 0.6) is 0 Å². The number of aliphatic hydroxyl groups is 2. The highest BCUT2D eigenvalue weighted by molar-refractivity contribution is 6.30. The van der Waals surface area contributed by atoms with Crippen LogP contribution >= 0.6 is 11.6 Å². The first-order valence-corrected chi connectivity index (χ1v) is 11.5. The third kappa shape index (κ3) is 4.49. The summed E-state index contributed by atoms with van der Waals surface area (Å²) >= 11 is 6.15. The molecule has 7 nitrogen and oxygen atoms in total. The summed E-state index contributed by atoms with van der Waals surface area (Å²) in [5.74, 6) is -2.78. The Hall–Kier alpha value is -3.43. The van der Waals surface area contributed by atoms with Crippen LogP contribution in [0.15, 0.2) is 59.6 Å². The summed E-state index contributed by atoms with van der Waals surface area (Å²) in [4.78, 5) is 27.5. The molecule has 0 aromatic heterocycles. The fraction of sp³-hybridized carbons (Fsp3) is 0.280. The van der Waals surface area contributed by atoms with Gasteiger partial charge in [0.05, 0.1) is 5.57 Å². The molecule has 0 bridgehead atoms. The van der Waals surface area contributed by atoms with Gasteiger partial charge in [-0.05, 0) is 54.5 Å². The van der Waals surface area contributed by atoms with Gasteiger partial charge in [0.15, 0.2) is 5.76 Å². The van der Waals surface area contributed by atoms with Crippen LogP contribution < -0.4 is 15.5 Å². The maximum atomic E-state index is 13.8.